The van der Waals surface area contributed by atoms with Crippen LogP contribution in [0.15, 0.2) is 11.8 Å². The van der Waals surface area contributed by atoms with E-state index >= 15 is 0 Å². The molecule has 2 heteroatoms. The topological polar surface area (TPSA) is 29.5 Å². The van der Waals surface area contributed by atoms with E-state index in [1.165, 1.54) is 31.3 Å². The van der Waals surface area contributed by atoms with E-state index < -0.39 is 6.29 Å². The fourth-order valence-corrected chi connectivity index (χ4v) is 5.03. The van der Waals surface area contributed by atoms with Crippen LogP contribution in [-0.4, -0.2) is 11.4 Å². The van der Waals surface area contributed by atoms with Crippen molar-refractivity contribution < 1.29 is 9.84 Å². The number of hydrogen-bond donors (Lipinski definition) is 1. The normalized spacial score (nSPS) is 47.8. The summed E-state index contributed by atoms with van der Waals surface area (Å²) in [5, 5.41) is 10.1. The molecule has 3 aliphatic rings. The SMILES string of the molecule is CC1(C)CCC[C@]2(C)[C@@H]3C(=CO[C@H]3O)CC[C@@H]12. The molecule has 0 spiro atoms. The van der Waals surface area contributed by atoms with Gasteiger partial charge in [0.1, 0.15) is 0 Å². The Morgan fingerprint density at radius 2 is 2.06 bits per heavy atom. The molecule has 2 nitrogen and oxygen atoms in total. The number of rotatable bonds is 0. The Bertz CT molecular complexity index is 358. The molecule has 17 heavy (non-hydrogen) atoms. The summed E-state index contributed by atoms with van der Waals surface area (Å²) < 4.78 is 5.38. The zero-order valence-corrected chi connectivity index (χ0v) is 11.2. The molecular formula is C15H24O2. The van der Waals surface area contributed by atoms with E-state index in [4.69, 9.17) is 4.74 Å². The number of aliphatic hydroxyl groups excluding tert-OH is 1. The van der Waals surface area contributed by atoms with Crippen LogP contribution in [0.3, 0.4) is 0 Å². The van der Waals surface area contributed by atoms with Gasteiger partial charge in [0, 0.05) is 0 Å². The monoisotopic (exact) mass is 236 g/mol. The third-order valence-corrected chi connectivity index (χ3v) is 5.75. The quantitative estimate of drug-likeness (QED) is 0.698. The minimum atomic E-state index is -0.591. The van der Waals surface area contributed by atoms with Crippen LogP contribution in [0.2, 0.25) is 0 Å². The van der Waals surface area contributed by atoms with E-state index in [-0.39, 0.29) is 11.3 Å². The van der Waals surface area contributed by atoms with Gasteiger partial charge < -0.3 is 9.84 Å². The highest BCUT2D eigenvalue weighted by Crippen LogP contribution is 2.62. The average molecular weight is 236 g/mol. The standard InChI is InChI=1S/C15H24O2/c1-14(2)7-4-8-15(3)11(14)6-5-10-9-17-13(16)12(10)15/h9,11-13,16H,4-8H2,1-3H3/t11-,12+,13+,15-/m0/s1. The number of ether oxygens (including phenoxy) is 1. The van der Waals surface area contributed by atoms with Crippen LogP contribution in [0, 0.1) is 22.7 Å². The Morgan fingerprint density at radius 3 is 2.82 bits per heavy atom. The molecule has 0 aromatic heterocycles. The van der Waals surface area contributed by atoms with Crippen molar-refractivity contribution in [3.8, 4) is 0 Å². The number of hydrogen-bond acceptors (Lipinski definition) is 2. The minimum absolute atomic E-state index is 0.238. The highest BCUT2D eigenvalue weighted by molar-refractivity contribution is 5.20. The van der Waals surface area contributed by atoms with E-state index in [1.54, 1.807) is 0 Å². The van der Waals surface area contributed by atoms with Crippen molar-refractivity contribution in [3.63, 3.8) is 0 Å². The maximum absolute atomic E-state index is 10.1. The summed E-state index contributed by atoms with van der Waals surface area (Å²) in [4.78, 5) is 0. The molecule has 2 fully saturated rings. The summed E-state index contributed by atoms with van der Waals surface area (Å²) >= 11 is 0. The fraction of sp³-hybridized carbons (Fsp3) is 0.867. The summed E-state index contributed by atoms with van der Waals surface area (Å²) in [5.41, 5.74) is 2.01. The molecule has 0 unspecified atom stereocenters. The van der Waals surface area contributed by atoms with Crippen molar-refractivity contribution in [3.05, 3.63) is 11.8 Å². The average Bonchev–Trinajstić information content (AvgIpc) is 2.60. The molecule has 0 amide bonds. The Labute approximate surface area is 104 Å². The van der Waals surface area contributed by atoms with Gasteiger partial charge >= 0.3 is 0 Å². The van der Waals surface area contributed by atoms with Crippen molar-refractivity contribution in [2.45, 2.75) is 59.2 Å². The Morgan fingerprint density at radius 1 is 1.29 bits per heavy atom. The predicted molar refractivity (Wildman–Crippen MR) is 67.1 cm³/mol. The van der Waals surface area contributed by atoms with Crippen molar-refractivity contribution in [1.82, 2.24) is 0 Å². The smallest absolute Gasteiger partial charge is 0.203 e. The van der Waals surface area contributed by atoms with Crippen LogP contribution in [0.4, 0.5) is 0 Å². The first kappa shape index (κ1) is 11.6. The Balaban J connectivity index is 1.99. The maximum atomic E-state index is 10.1. The van der Waals surface area contributed by atoms with Gasteiger partial charge in [-0.25, -0.2) is 0 Å². The summed E-state index contributed by atoms with van der Waals surface area (Å²) in [6, 6.07) is 0. The van der Waals surface area contributed by atoms with Crippen LogP contribution in [-0.2, 0) is 4.74 Å². The second-order valence-electron chi connectivity index (χ2n) is 7.14. The maximum Gasteiger partial charge on any atom is 0.203 e. The molecule has 0 saturated heterocycles. The van der Waals surface area contributed by atoms with Gasteiger partial charge in [-0.3, -0.25) is 0 Å². The molecule has 0 aromatic carbocycles. The fourth-order valence-electron chi connectivity index (χ4n) is 5.03. The molecule has 0 bridgehead atoms. The summed E-state index contributed by atoms with van der Waals surface area (Å²) in [6.45, 7) is 7.20. The lowest BCUT2D eigenvalue weighted by Crippen LogP contribution is -2.51. The van der Waals surface area contributed by atoms with E-state index in [0.29, 0.717) is 5.41 Å². The van der Waals surface area contributed by atoms with Gasteiger partial charge in [-0.05, 0) is 48.0 Å². The molecule has 1 heterocycles. The second-order valence-corrected chi connectivity index (χ2v) is 7.14. The van der Waals surface area contributed by atoms with E-state index in [9.17, 15) is 5.11 Å². The largest absolute Gasteiger partial charge is 0.472 e. The van der Waals surface area contributed by atoms with Crippen molar-refractivity contribution in [1.29, 1.82) is 0 Å². The van der Waals surface area contributed by atoms with Gasteiger partial charge in [0.2, 0.25) is 6.29 Å². The highest BCUT2D eigenvalue weighted by Gasteiger charge is 2.57. The van der Waals surface area contributed by atoms with Gasteiger partial charge in [0.15, 0.2) is 0 Å². The van der Waals surface area contributed by atoms with Crippen molar-refractivity contribution in [2.75, 3.05) is 0 Å². The molecule has 3 rings (SSSR count). The molecule has 2 saturated carbocycles. The first-order valence-corrected chi connectivity index (χ1v) is 6.98. The summed E-state index contributed by atoms with van der Waals surface area (Å²) in [6.07, 6.45) is 7.48. The lowest BCUT2D eigenvalue weighted by atomic mass is 9.48. The van der Waals surface area contributed by atoms with Gasteiger partial charge in [0.05, 0.1) is 12.2 Å². The summed E-state index contributed by atoms with van der Waals surface area (Å²) in [5.74, 6) is 0.975. The van der Waals surface area contributed by atoms with Crippen molar-refractivity contribution in [2.24, 2.45) is 22.7 Å². The lowest BCUT2D eigenvalue weighted by molar-refractivity contribution is -0.142. The lowest BCUT2D eigenvalue weighted by Gasteiger charge is -2.57. The van der Waals surface area contributed by atoms with Crippen LogP contribution < -0.4 is 0 Å². The molecule has 2 aliphatic carbocycles. The summed E-state index contributed by atoms with van der Waals surface area (Å²) in [7, 11) is 0. The van der Waals surface area contributed by atoms with E-state index in [1.807, 2.05) is 6.26 Å². The highest BCUT2D eigenvalue weighted by atomic mass is 16.6. The number of fused-ring (bicyclic) bond motifs is 3. The van der Waals surface area contributed by atoms with Crippen LogP contribution in [0.1, 0.15) is 52.9 Å². The molecule has 0 aromatic rings. The molecule has 0 radical (unpaired) electrons. The van der Waals surface area contributed by atoms with Crippen LogP contribution in [0.5, 0.6) is 0 Å². The Kier molecular flexibility index (Phi) is 2.39. The molecule has 96 valence electrons. The van der Waals surface area contributed by atoms with Gasteiger partial charge in [0.25, 0.3) is 0 Å². The van der Waals surface area contributed by atoms with E-state index in [2.05, 4.69) is 20.8 Å². The second kappa shape index (κ2) is 3.50. The zero-order chi connectivity index (χ0) is 12.3. The first-order chi connectivity index (χ1) is 7.95. The molecule has 1 aliphatic heterocycles. The van der Waals surface area contributed by atoms with Gasteiger partial charge in [-0.1, -0.05) is 27.2 Å². The minimum Gasteiger partial charge on any atom is -0.472 e. The molecular weight excluding hydrogens is 212 g/mol. The van der Waals surface area contributed by atoms with Gasteiger partial charge in [-0.15, -0.1) is 0 Å². The molecule has 4 atom stereocenters. The van der Waals surface area contributed by atoms with E-state index in [0.717, 1.165) is 12.3 Å². The Hall–Kier alpha value is -0.500. The first-order valence-electron chi connectivity index (χ1n) is 6.98. The number of aliphatic hydroxyl groups is 1. The third kappa shape index (κ3) is 1.49. The van der Waals surface area contributed by atoms with Crippen LogP contribution in [0.25, 0.3) is 0 Å². The third-order valence-electron chi connectivity index (χ3n) is 5.75. The van der Waals surface area contributed by atoms with Crippen LogP contribution >= 0.6 is 0 Å². The van der Waals surface area contributed by atoms with Gasteiger partial charge in [-0.2, -0.15) is 0 Å². The van der Waals surface area contributed by atoms with Crippen molar-refractivity contribution >= 4 is 0 Å². The molecule has 1 N–H and O–H groups in total. The predicted octanol–water partition coefficient (Wildman–Crippen LogP) is 3.46. The zero-order valence-electron chi connectivity index (χ0n) is 11.2.